The van der Waals surface area contributed by atoms with Crippen LogP contribution in [0.25, 0.3) is 0 Å². The molecule has 0 unspecified atom stereocenters. The van der Waals surface area contributed by atoms with Crippen molar-refractivity contribution in [3.8, 4) is 5.75 Å². The van der Waals surface area contributed by atoms with Gasteiger partial charge in [0.15, 0.2) is 0 Å². The first-order chi connectivity index (χ1) is 15.1. The second-order valence-electron chi connectivity index (χ2n) is 8.56. The molecule has 174 valence electrons. The standard InChI is InChI=1S/C24H31ClN2O4S/c1-15(2)20-14-21(16(3)13-23(20)31-5)17(4)26-24(28)22-7-6-12-27(22)32(29,30)19-10-8-18(25)9-11-19/h8-11,13-15,17,22H,6-7,12H2,1-5H3,(H,26,28)/t17-,22-/m0/s1. The highest BCUT2D eigenvalue weighted by Gasteiger charge is 2.39. The molecule has 2 aromatic carbocycles. The van der Waals surface area contributed by atoms with Crippen molar-refractivity contribution in [1.29, 1.82) is 0 Å². The molecule has 6 nitrogen and oxygen atoms in total. The number of ether oxygens (including phenoxy) is 1. The molecule has 0 radical (unpaired) electrons. The van der Waals surface area contributed by atoms with Crippen LogP contribution < -0.4 is 10.1 Å². The van der Waals surface area contributed by atoms with Gasteiger partial charge in [0.2, 0.25) is 15.9 Å². The third-order valence-corrected chi connectivity index (χ3v) is 8.17. The second kappa shape index (κ2) is 9.81. The van der Waals surface area contributed by atoms with Crippen molar-refractivity contribution in [3.05, 3.63) is 58.1 Å². The molecule has 0 aromatic heterocycles. The summed E-state index contributed by atoms with van der Waals surface area (Å²) in [5.41, 5.74) is 3.08. The summed E-state index contributed by atoms with van der Waals surface area (Å²) in [4.78, 5) is 13.3. The van der Waals surface area contributed by atoms with Gasteiger partial charge in [0.05, 0.1) is 18.0 Å². The third kappa shape index (κ3) is 4.95. The summed E-state index contributed by atoms with van der Waals surface area (Å²) < 4.78 is 33.1. The first-order valence-electron chi connectivity index (χ1n) is 10.8. The molecule has 1 aliphatic rings. The number of amides is 1. The number of nitrogens with one attached hydrogen (secondary N) is 1. The summed E-state index contributed by atoms with van der Waals surface area (Å²) in [6.45, 7) is 8.41. The molecule has 0 bridgehead atoms. The zero-order valence-corrected chi connectivity index (χ0v) is 20.8. The maximum atomic E-state index is 13.2. The van der Waals surface area contributed by atoms with Gasteiger partial charge in [0, 0.05) is 11.6 Å². The molecule has 1 saturated heterocycles. The van der Waals surface area contributed by atoms with Gasteiger partial charge in [-0.3, -0.25) is 4.79 Å². The second-order valence-corrected chi connectivity index (χ2v) is 10.9. The van der Waals surface area contributed by atoms with Crippen LogP contribution in [-0.2, 0) is 14.8 Å². The number of sulfonamides is 1. The fourth-order valence-electron chi connectivity index (χ4n) is 4.23. The van der Waals surface area contributed by atoms with E-state index in [1.165, 1.54) is 16.4 Å². The van der Waals surface area contributed by atoms with Gasteiger partial charge in [-0.15, -0.1) is 0 Å². The fourth-order valence-corrected chi connectivity index (χ4v) is 6.01. The van der Waals surface area contributed by atoms with Gasteiger partial charge >= 0.3 is 0 Å². The number of hydrogen-bond donors (Lipinski definition) is 1. The van der Waals surface area contributed by atoms with Gasteiger partial charge in [-0.25, -0.2) is 8.42 Å². The summed E-state index contributed by atoms with van der Waals surface area (Å²) in [6, 6.07) is 9.08. The molecular weight excluding hydrogens is 448 g/mol. The van der Waals surface area contributed by atoms with Gasteiger partial charge in [-0.1, -0.05) is 25.4 Å². The van der Waals surface area contributed by atoms with Crippen LogP contribution in [0.1, 0.15) is 62.3 Å². The van der Waals surface area contributed by atoms with Gasteiger partial charge < -0.3 is 10.1 Å². The number of carbonyl (C=O) groups excluding carboxylic acids is 1. The Hall–Kier alpha value is -2.09. The van der Waals surface area contributed by atoms with Crippen LogP contribution in [0, 0.1) is 6.92 Å². The Morgan fingerprint density at radius 3 is 2.41 bits per heavy atom. The summed E-state index contributed by atoms with van der Waals surface area (Å²) in [7, 11) is -2.13. The van der Waals surface area contributed by atoms with Crippen molar-refractivity contribution in [2.45, 2.75) is 63.4 Å². The van der Waals surface area contributed by atoms with E-state index in [9.17, 15) is 13.2 Å². The average molecular weight is 479 g/mol. The number of halogens is 1. The summed E-state index contributed by atoms with van der Waals surface area (Å²) >= 11 is 5.90. The molecule has 1 aliphatic heterocycles. The van der Waals surface area contributed by atoms with E-state index in [1.54, 1.807) is 19.2 Å². The normalized spacial score (nSPS) is 18.0. The van der Waals surface area contributed by atoms with Crippen LogP contribution in [0.2, 0.25) is 5.02 Å². The summed E-state index contributed by atoms with van der Waals surface area (Å²) in [5, 5.41) is 3.50. The van der Waals surface area contributed by atoms with Crippen LogP contribution in [0.3, 0.4) is 0 Å². The Balaban J connectivity index is 1.82. The number of rotatable bonds is 7. The number of benzene rings is 2. The molecule has 32 heavy (non-hydrogen) atoms. The quantitative estimate of drug-likeness (QED) is 0.619. The lowest BCUT2D eigenvalue weighted by atomic mass is 9.93. The van der Waals surface area contributed by atoms with Gasteiger partial charge in [0.25, 0.3) is 0 Å². The molecule has 2 atom stereocenters. The van der Waals surface area contributed by atoms with E-state index in [0.717, 1.165) is 22.4 Å². The van der Waals surface area contributed by atoms with E-state index in [2.05, 4.69) is 25.2 Å². The van der Waals surface area contributed by atoms with Gasteiger partial charge in [-0.05, 0) is 85.7 Å². The van der Waals surface area contributed by atoms with Crippen molar-refractivity contribution in [1.82, 2.24) is 9.62 Å². The van der Waals surface area contributed by atoms with Crippen molar-refractivity contribution >= 4 is 27.5 Å². The summed E-state index contributed by atoms with van der Waals surface area (Å²) in [5.74, 6) is 0.812. The van der Waals surface area contributed by atoms with Crippen LogP contribution in [-0.4, -0.2) is 38.3 Å². The number of hydrogen-bond acceptors (Lipinski definition) is 4. The largest absolute Gasteiger partial charge is 0.496 e. The Morgan fingerprint density at radius 2 is 1.81 bits per heavy atom. The van der Waals surface area contributed by atoms with Crippen molar-refractivity contribution in [3.63, 3.8) is 0 Å². The van der Waals surface area contributed by atoms with Gasteiger partial charge in [-0.2, -0.15) is 4.31 Å². The van der Waals surface area contributed by atoms with Crippen molar-refractivity contribution in [2.75, 3.05) is 13.7 Å². The van der Waals surface area contributed by atoms with E-state index in [4.69, 9.17) is 16.3 Å². The highest BCUT2D eigenvalue weighted by atomic mass is 35.5. The lowest BCUT2D eigenvalue weighted by molar-refractivity contribution is -0.124. The zero-order chi connectivity index (χ0) is 23.6. The minimum atomic E-state index is -3.79. The number of methoxy groups -OCH3 is 1. The molecule has 0 aliphatic carbocycles. The molecule has 3 rings (SSSR count). The Morgan fingerprint density at radius 1 is 1.16 bits per heavy atom. The summed E-state index contributed by atoms with van der Waals surface area (Å²) in [6.07, 6.45) is 1.13. The maximum absolute atomic E-state index is 13.2. The molecule has 2 aromatic rings. The van der Waals surface area contributed by atoms with Gasteiger partial charge in [0.1, 0.15) is 11.8 Å². The maximum Gasteiger partial charge on any atom is 0.243 e. The number of nitrogens with zero attached hydrogens (tertiary/aromatic N) is 1. The predicted octanol–water partition coefficient (Wildman–Crippen LogP) is 4.81. The first kappa shape index (κ1) is 24.6. The predicted molar refractivity (Wildman–Crippen MR) is 127 cm³/mol. The van der Waals surface area contributed by atoms with E-state index in [0.29, 0.717) is 24.4 Å². The molecular formula is C24H31ClN2O4S. The highest BCUT2D eigenvalue weighted by Crippen LogP contribution is 2.33. The van der Waals surface area contributed by atoms with Crippen LogP contribution in [0.15, 0.2) is 41.3 Å². The Bertz CT molecular complexity index is 1080. The fraction of sp³-hybridized carbons (Fsp3) is 0.458. The lowest BCUT2D eigenvalue weighted by Gasteiger charge is -2.26. The zero-order valence-electron chi connectivity index (χ0n) is 19.2. The Kier molecular flexibility index (Phi) is 7.53. The van der Waals surface area contributed by atoms with Crippen molar-refractivity contribution in [2.24, 2.45) is 0 Å². The minimum Gasteiger partial charge on any atom is -0.496 e. The topological polar surface area (TPSA) is 75.7 Å². The number of aryl methyl sites for hydroxylation is 1. The number of carbonyl (C=O) groups is 1. The van der Waals surface area contributed by atoms with E-state index in [1.807, 2.05) is 19.9 Å². The SMILES string of the molecule is COc1cc(C)c([C@H](C)NC(=O)[C@@H]2CCCN2S(=O)(=O)c2ccc(Cl)cc2)cc1C(C)C. The van der Waals surface area contributed by atoms with E-state index >= 15 is 0 Å². The van der Waals surface area contributed by atoms with E-state index in [-0.39, 0.29) is 22.8 Å². The third-order valence-electron chi connectivity index (χ3n) is 5.99. The molecule has 1 fully saturated rings. The van der Waals surface area contributed by atoms with E-state index < -0.39 is 16.1 Å². The van der Waals surface area contributed by atoms with Crippen LogP contribution in [0.5, 0.6) is 5.75 Å². The van der Waals surface area contributed by atoms with Crippen LogP contribution >= 0.6 is 11.6 Å². The molecule has 1 heterocycles. The molecule has 0 spiro atoms. The lowest BCUT2D eigenvalue weighted by Crippen LogP contribution is -2.46. The molecule has 1 amide bonds. The highest BCUT2D eigenvalue weighted by molar-refractivity contribution is 7.89. The first-order valence-corrected chi connectivity index (χ1v) is 12.6. The monoisotopic (exact) mass is 478 g/mol. The Labute approximate surface area is 196 Å². The average Bonchev–Trinajstić information content (AvgIpc) is 3.24. The molecule has 8 heteroatoms. The van der Waals surface area contributed by atoms with Crippen molar-refractivity contribution < 1.29 is 17.9 Å². The minimum absolute atomic E-state index is 0.141. The molecule has 1 N–H and O–H groups in total. The van der Waals surface area contributed by atoms with Crippen LogP contribution in [0.4, 0.5) is 0 Å². The smallest absolute Gasteiger partial charge is 0.243 e. The molecule has 0 saturated carbocycles.